The van der Waals surface area contributed by atoms with Gasteiger partial charge >= 0.3 is 0 Å². The van der Waals surface area contributed by atoms with Gasteiger partial charge in [0.1, 0.15) is 0 Å². The summed E-state index contributed by atoms with van der Waals surface area (Å²) in [6.07, 6.45) is 1.28. The topological polar surface area (TPSA) is 12.0 Å². The minimum absolute atomic E-state index is 0.592. The summed E-state index contributed by atoms with van der Waals surface area (Å²) in [6, 6.07) is 9.41. The molecule has 70 valence electrons. The summed E-state index contributed by atoms with van der Waals surface area (Å²) >= 11 is 0. The molecule has 2 rings (SSSR count). The fraction of sp³-hybridized carbons (Fsp3) is 0.500. The molecule has 2 unspecified atom stereocenters. The number of aryl methyl sites for hydroxylation is 1. The molecule has 0 aliphatic carbocycles. The largest absolute Gasteiger partial charge is 0.310 e. The second-order valence-electron chi connectivity index (χ2n) is 4.22. The molecule has 1 aliphatic heterocycles. The zero-order valence-corrected chi connectivity index (χ0v) is 8.38. The molecule has 1 N–H and O–H groups in total. The smallest absolute Gasteiger partial charge is 0.0323 e. The van der Waals surface area contributed by atoms with Crippen molar-refractivity contribution < 1.29 is 0 Å². The molecule has 0 amide bonds. The Morgan fingerprint density at radius 2 is 2.23 bits per heavy atom. The number of rotatable bonds is 1. The van der Waals surface area contributed by atoms with E-state index in [4.69, 9.17) is 0 Å². The highest BCUT2D eigenvalue weighted by Crippen LogP contribution is 2.26. The second kappa shape index (κ2) is 3.51. The van der Waals surface area contributed by atoms with Crippen molar-refractivity contribution in [3.05, 3.63) is 35.4 Å². The van der Waals surface area contributed by atoms with Gasteiger partial charge in [0.2, 0.25) is 0 Å². The predicted octanol–water partition coefficient (Wildman–Crippen LogP) is 2.67. The third-order valence-electron chi connectivity index (χ3n) is 2.80. The van der Waals surface area contributed by atoms with Gasteiger partial charge in [-0.25, -0.2) is 0 Å². The Morgan fingerprint density at radius 3 is 2.85 bits per heavy atom. The van der Waals surface area contributed by atoms with E-state index >= 15 is 0 Å². The van der Waals surface area contributed by atoms with Gasteiger partial charge in [0.05, 0.1) is 0 Å². The Hall–Kier alpha value is -0.820. The summed E-state index contributed by atoms with van der Waals surface area (Å²) in [5, 5.41) is 3.55. The molecule has 0 aromatic heterocycles. The van der Waals surface area contributed by atoms with Gasteiger partial charge in [0.15, 0.2) is 0 Å². The van der Waals surface area contributed by atoms with Crippen LogP contribution >= 0.6 is 0 Å². The van der Waals surface area contributed by atoms with E-state index in [-0.39, 0.29) is 0 Å². The molecule has 1 fully saturated rings. The lowest BCUT2D eigenvalue weighted by Gasteiger charge is -2.10. The lowest BCUT2D eigenvalue weighted by molar-refractivity contribution is 0.611. The van der Waals surface area contributed by atoms with Crippen molar-refractivity contribution in [2.24, 2.45) is 5.92 Å². The Kier molecular flexibility index (Phi) is 2.36. The van der Waals surface area contributed by atoms with Gasteiger partial charge in [-0.2, -0.15) is 0 Å². The minimum atomic E-state index is 0.592. The molecule has 0 radical (unpaired) electrons. The molecule has 1 aliphatic rings. The fourth-order valence-electron chi connectivity index (χ4n) is 2.05. The first-order valence-electron chi connectivity index (χ1n) is 5.05. The molecule has 1 heteroatoms. The van der Waals surface area contributed by atoms with E-state index in [0.29, 0.717) is 6.04 Å². The zero-order chi connectivity index (χ0) is 9.26. The standard InChI is InChI=1S/C12H17N/c1-9-4-3-5-11(6-9)12-7-10(2)8-13-12/h3-6,10,12-13H,7-8H2,1-2H3. The Labute approximate surface area is 80.2 Å². The number of benzene rings is 1. The molecule has 1 saturated heterocycles. The molecule has 1 heterocycles. The zero-order valence-electron chi connectivity index (χ0n) is 8.38. The lowest BCUT2D eigenvalue weighted by Crippen LogP contribution is -2.13. The van der Waals surface area contributed by atoms with Crippen LogP contribution in [0.4, 0.5) is 0 Å². The van der Waals surface area contributed by atoms with Gasteiger partial charge in [-0.05, 0) is 31.4 Å². The van der Waals surface area contributed by atoms with Crippen molar-refractivity contribution in [1.82, 2.24) is 5.32 Å². The third kappa shape index (κ3) is 1.92. The van der Waals surface area contributed by atoms with Crippen molar-refractivity contribution in [1.29, 1.82) is 0 Å². The molecule has 0 bridgehead atoms. The average molecular weight is 175 g/mol. The first kappa shape index (κ1) is 8.76. The molecule has 2 atom stereocenters. The maximum absolute atomic E-state index is 3.55. The molecule has 1 nitrogen and oxygen atoms in total. The average Bonchev–Trinajstić information content (AvgIpc) is 2.52. The lowest BCUT2D eigenvalue weighted by atomic mass is 10.00. The summed E-state index contributed by atoms with van der Waals surface area (Å²) in [5.41, 5.74) is 2.81. The number of hydrogen-bond acceptors (Lipinski definition) is 1. The molecule has 0 saturated carbocycles. The van der Waals surface area contributed by atoms with E-state index in [1.54, 1.807) is 0 Å². The molecular formula is C12H17N. The van der Waals surface area contributed by atoms with Crippen molar-refractivity contribution in [3.63, 3.8) is 0 Å². The van der Waals surface area contributed by atoms with Gasteiger partial charge in [0.25, 0.3) is 0 Å². The van der Waals surface area contributed by atoms with Crippen molar-refractivity contribution in [2.45, 2.75) is 26.3 Å². The monoisotopic (exact) mass is 175 g/mol. The highest BCUT2D eigenvalue weighted by molar-refractivity contribution is 5.25. The van der Waals surface area contributed by atoms with Crippen LogP contribution in [0.5, 0.6) is 0 Å². The van der Waals surface area contributed by atoms with Crippen LogP contribution in [0, 0.1) is 12.8 Å². The van der Waals surface area contributed by atoms with E-state index < -0.39 is 0 Å². The van der Waals surface area contributed by atoms with E-state index in [1.165, 1.54) is 24.1 Å². The van der Waals surface area contributed by atoms with E-state index in [1.807, 2.05) is 0 Å². The first-order valence-corrected chi connectivity index (χ1v) is 5.05. The Bertz CT molecular complexity index is 293. The Morgan fingerprint density at radius 1 is 1.38 bits per heavy atom. The van der Waals surface area contributed by atoms with Crippen molar-refractivity contribution >= 4 is 0 Å². The van der Waals surface area contributed by atoms with Gasteiger partial charge < -0.3 is 5.32 Å². The minimum Gasteiger partial charge on any atom is -0.310 e. The predicted molar refractivity (Wildman–Crippen MR) is 55.7 cm³/mol. The fourth-order valence-corrected chi connectivity index (χ4v) is 2.05. The van der Waals surface area contributed by atoms with Crippen LogP contribution in [0.3, 0.4) is 0 Å². The first-order chi connectivity index (χ1) is 6.25. The van der Waals surface area contributed by atoms with Crippen LogP contribution in [0.2, 0.25) is 0 Å². The Balaban J connectivity index is 2.16. The van der Waals surface area contributed by atoms with Crippen LogP contribution < -0.4 is 5.32 Å². The number of nitrogens with one attached hydrogen (secondary N) is 1. The molecule has 1 aromatic rings. The maximum Gasteiger partial charge on any atom is 0.0323 e. The second-order valence-corrected chi connectivity index (χ2v) is 4.22. The van der Waals surface area contributed by atoms with Gasteiger partial charge in [-0.3, -0.25) is 0 Å². The van der Waals surface area contributed by atoms with Crippen molar-refractivity contribution in [3.8, 4) is 0 Å². The van der Waals surface area contributed by atoms with Gasteiger partial charge in [-0.15, -0.1) is 0 Å². The van der Waals surface area contributed by atoms with Gasteiger partial charge in [-0.1, -0.05) is 36.8 Å². The summed E-state index contributed by atoms with van der Waals surface area (Å²) in [4.78, 5) is 0. The van der Waals surface area contributed by atoms with E-state index in [0.717, 1.165) is 5.92 Å². The summed E-state index contributed by atoms with van der Waals surface area (Å²) in [6.45, 7) is 5.63. The normalized spacial score (nSPS) is 27.8. The molecule has 1 aromatic carbocycles. The van der Waals surface area contributed by atoms with Crippen LogP contribution in [0.25, 0.3) is 0 Å². The van der Waals surface area contributed by atoms with Crippen LogP contribution in [-0.2, 0) is 0 Å². The van der Waals surface area contributed by atoms with E-state index in [9.17, 15) is 0 Å². The van der Waals surface area contributed by atoms with E-state index in [2.05, 4.69) is 43.4 Å². The van der Waals surface area contributed by atoms with Crippen LogP contribution in [0.15, 0.2) is 24.3 Å². The highest BCUT2D eigenvalue weighted by Gasteiger charge is 2.21. The quantitative estimate of drug-likeness (QED) is 0.692. The SMILES string of the molecule is Cc1cccc(C2CC(C)CN2)c1. The summed E-state index contributed by atoms with van der Waals surface area (Å²) < 4.78 is 0. The summed E-state index contributed by atoms with van der Waals surface area (Å²) in [7, 11) is 0. The summed E-state index contributed by atoms with van der Waals surface area (Å²) in [5.74, 6) is 0.825. The van der Waals surface area contributed by atoms with Crippen LogP contribution in [0.1, 0.15) is 30.5 Å². The third-order valence-corrected chi connectivity index (χ3v) is 2.80. The molecule has 0 spiro atoms. The molecule has 13 heavy (non-hydrogen) atoms. The molecular weight excluding hydrogens is 158 g/mol. The maximum atomic E-state index is 3.55. The van der Waals surface area contributed by atoms with Crippen LogP contribution in [-0.4, -0.2) is 6.54 Å². The highest BCUT2D eigenvalue weighted by atomic mass is 14.9. The number of hydrogen-bond donors (Lipinski definition) is 1. The van der Waals surface area contributed by atoms with Gasteiger partial charge in [0, 0.05) is 6.04 Å². The van der Waals surface area contributed by atoms with Crippen molar-refractivity contribution in [2.75, 3.05) is 6.54 Å².